The van der Waals surface area contributed by atoms with Crippen molar-refractivity contribution < 1.29 is 4.79 Å². The van der Waals surface area contributed by atoms with Gasteiger partial charge in [0.05, 0.1) is 6.33 Å². The highest BCUT2D eigenvalue weighted by molar-refractivity contribution is 5.87. The van der Waals surface area contributed by atoms with Crippen LogP contribution in [0.15, 0.2) is 18.5 Å². The first-order valence-corrected chi connectivity index (χ1v) is 13.1. The highest BCUT2D eigenvalue weighted by Crippen LogP contribution is 2.33. The van der Waals surface area contributed by atoms with E-state index in [-0.39, 0.29) is 11.9 Å². The molecule has 0 unspecified atom stereocenters. The molecule has 1 saturated heterocycles. The van der Waals surface area contributed by atoms with Gasteiger partial charge in [0, 0.05) is 37.3 Å². The van der Waals surface area contributed by atoms with E-state index in [4.69, 9.17) is 20.7 Å². The molecular weight excluding hydrogens is 428 g/mol. The van der Waals surface area contributed by atoms with Gasteiger partial charge in [0.15, 0.2) is 17.0 Å². The molecule has 9 heteroatoms. The highest BCUT2D eigenvalue weighted by atomic mass is 16.2. The number of hydrogen-bond acceptors (Lipinski definition) is 7. The summed E-state index contributed by atoms with van der Waals surface area (Å²) in [7, 11) is 0. The number of anilines is 2. The number of rotatable bonds is 6. The van der Waals surface area contributed by atoms with Gasteiger partial charge in [-0.3, -0.25) is 4.79 Å². The van der Waals surface area contributed by atoms with E-state index in [9.17, 15) is 4.79 Å². The predicted molar refractivity (Wildman–Crippen MR) is 135 cm³/mol. The van der Waals surface area contributed by atoms with Crippen molar-refractivity contribution in [3.8, 4) is 0 Å². The summed E-state index contributed by atoms with van der Waals surface area (Å²) in [6, 6.07) is 1.39. The Morgan fingerprint density at radius 1 is 1.00 bits per heavy atom. The zero-order chi connectivity index (χ0) is 23.5. The van der Waals surface area contributed by atoms with Gasteiger partial charge in [-0.25, -0.2) is 4.98 Å². The van der Waals surface area contributed by atoms with Gasteiger partial charge in [-0.2, -0.15) is 9.97 Å². The lowest BCUT2D eigenvalue weighted by Gasteiger charge is -2.32. The van der Waals surface area contributed by atoms with E-state index in [1.165, 1.54) is 25.7 Å². The molecule has 184 valence electrons. The summed E-state index contributed by atoms with van der Waals surface area (Å²) in [6.07, 6.45) is 16.2. The molecule has 3 heterocycles. The second-order valence-electron chi connectivity index (χ2n) is 10.2. The SMILES string of the molecule is CC=CC(=O)N1CCC(Nc2nc(N[C@H]3CC[C@H](N)CC3)nc3c2ncn3C2CCCC2)CC1. The third-order valence-electron chi connectivity index (χ3n) is 7.70. The molecule has 0 spiro atoms. The Labute approximate surface area is 201 Å². The smallest absolute Gasteiger partial charge is 0.246 e. The molecule has 4 N–H and O–H groups in total. The Morgan fingerprint density at radius 3 is 2.41 bits per heavy atom. The van der Waals surface area contributed by atoms with Crippen LogP contribution in [-0.2, 0) is 4.79 Å². The predicted octanol–water partition coefficient (Wildman–Crippen LogP) is 3.60. The number of imidazole rings is 1. The van der Waals surface area contributed by atoms with Crippen molar-refractivity contribution in [2.45, 2.75) is 95.3 Å². The van der Waals surface area contributed by atoms with Gasteiger partial charge in [0.2, 0.25) is 11.9 Å². The molecule has 1 aliphatic heterocycles. The number of nitrogens with one attached hydrogen (secondary N) is 2. The van der Waals surface area contributed by atoms with Crippen molar-refractivity contribution in [1.29, 1.82) is 0 Å². The van der Waals surface area contributed by atoms with Crippen LogP contribution in [0, 0.1) is 0 Å². The van der Waals surface area contributed by atoms with E-state index in [1.54, 1.807) is 12.2 Å². The lowest BCUT2D eigenvalue weighted by molar-refractivity contribution is -0.126. The minimum Gasteiger partial charge on any atom is -0.365 e. The number of likely N-dealkylation sites (tertiary alicyclic amines) is 1. The molecule has 34 heavy (non-hydrogen) atoms. The Morgan fingerprint density at radius 2 is 1.71 bits per heavy atom. The Hall–Kier alpha value is -2.68. The minimum atomic E-state index is 0.0966. The second-order valence-corrected chi connectivity index (χ2v) is 10.2. The van der Waals surface area contributed by atoms with Gasteiger partial charge in [-0.05, 0) is 64.4 Å². The van der Waals surface area contributed by atoms with Crippen LogP contribution in [0.25, 0.3) is 11.2 Å². The maximum absolute atomic E-state index is 12.2. The number of amides is 1. The van der Waals surface area contributed by atoms with Gasteiger partial charge in [0.25, 0.3) is 0 Å². The average molecular weight is 467 g/mol. The second kappa shape index (κ2) is 10.3. The third-order valence-corrected chi connectivity index (χ3v) is 7.70. The summed E-state index contributed by atoms with van der Waals surface area (Å²) < 4.78 is 2.26. The number of fused-ring (bicyclic) bond motifs is 1. The molecule has 3 fully saturated rings. The molecule has 9 nitrogen and oxygen atoms in total. The molecule has 3 aliphatic rings. The van der Waals surface area contributed by atoms with E-state index in [0.29, 0.717) is 24.1 Å². The summed E-state index contributed by atoms with van der Waals surface area (Å²) >= 11 is 0. The van der Waals surface area contributed by atoms with Crippen LogP contribution in [0.4, 0.5) is 11.8 Å². The van der Waals surface area contributed by atoms with E-state index in [2.05, 4.69) is 15.2 Å². The number of nitrogens with two attached hydrogens (primary N) is 1. The molecule has 0 bridgehead atoms. The maximum atomic E-state index is 12.2. The normalized spacial score (nSPS) is 24.8. The first-order chi connectivity index (χ1) is 16.6. The van der Waals surface area contributed by atoms with Crippen LogP contribution in [0.5, 0.6) is 0 Å². The molecule has 0 aromatic carbocycles. The number of hydrogen-bond donors (Lipinski definition) is 3. The number of allylic oxidation sites excluding steroid dienone is 1. The molecular formula is C25H38N8O. The van der Waals surface area contributed by atoms with Crippen LogP contribution in [-0.4, -0.2) is 61.5 Å². The molecule has 0 radical (unpaired) electrons. The van der Waals surface area contributed by atoms with Crippen molar-refractivity contribution in [2.75, 3.05) is 23.7 Å². The van der Waals surface area contributed by atoms with Gasteiger partial charge in [-0.1, -0.05) is 18.9 Å². The van der Waals surface area contributed by atoms with E-state index >= 15 is 0 Å². The van der Waals surface area contributed by atoms with Crippen molar-refractivity contribution in [2.24, 2.45) is 5.73 Å². The highest BCUT2D eigenvalue weighted by Gasteiger charge is 2.26. The largest absolute Gasteiger partial charge is 0.365 e. The fraction of sp³-hybridized carbons (Fsp3) is 0.680. The molecule has 2 aromatic rings. The zero-order valence-corrected chi connectivity index (χ0v) is 20.2. The molecule has 2 saturated carbocycles. The number of carbonyl (C=O) groups excluding carboxylic acids is 1. The van der Waals surface area contributed by atoms with Crippen molar-refractivity contribution in [3.63, 3.8) is 0 Å². The molecule has 0 atom stereocenters. The third kappa shape index (κ3) is 5.04. The lowest BCUT2D eigenvalue weighted by atomic mass is 9.92. The summed E-state index contributed by atoms with van der Waals surface area (Å²) in [5.74, 6) is 1.57. The van der Waals surface area contributed by atoms with Crippen LogP contribution in [0.1, 0.15) is 77.2 Å². The van der Waals surface area contributed by atoms with E-state index in [1.807, 2.05) is 18.2 Å². The first-order valence-electron chi connectivity index (χ1n) is 13.1. The standard InChI is InChI=1S/C25H38N8O/c1-2-5-21(34)32-14-12-19(13-15-32)28-23-22-24(33(16-27-22)20-6-3-4-7-20)31-25(30-23)29-18-10-8-17(26)9-11-18/h2,5,16-20H,3-4,6-15,26H2,1H3,(H2,28,29,30,31)/t17-,18-. The van der Waals surface area contributed by atoms with Gasteiger partial charge in [-0.15, -0.1) is 0 Å². The summed E-state index contributed by atoms with van der Waals surface area (Å²) in [6.45, 7) is 3.38. The molecule has 5 rings (SSSR count). The summed E-state index contributed by atoms with van der Waals surface area (Å²) in [4.78, 5) is 28.7. The Bertz CT molecular complexity index is 1010. The topological polar surface area (TPSA) is 114 Å². The fourth-order valence-electron chi connectivity index (χ4n) is 5.66. The minimum absolute atomic E-state index is 0.0966. The van der Waals surface area contributed by atoms with Crippen LogP contribution < -0.4 is 16.4 Å². The number of nitrogens with zero attached hydrogens (tertiary/aromatic N) is 5. The Balaban J connectivity index is 1.37. The van der Waals surface area contributed by atoms with Crippen LogP contribution >= 0.6 is 0 Å². The van der Waals surface area contributed by atoms with Crippen LogP contribution in [0.2, 0.25) is 0 Å². The number of piperidine rings is 1. The quantitative estimate of drug-likeness (QED) is 0.557. The van der Waals surface area contributed by atoms with Crippen molar-refractivity contribution in [3.05, 3.63) is 18.5 Å². The number of carbonyl (C=O) groups is 1. The van der Waals surface area contributed by atoms with Gasteiger partial charge >= 0.3 is 0 Å². The summed E-state index contributed by atoms with van der Waals surface area (Å²) in [5.41, 5.74) is 7.86. The zero-order valence-electron chi connectivity index (χ0n) is 20.2. The lowest BCUT2D eigenvalue weighted by Crippen LogP contribution is -2.41. The number of aromatic nitrogens is 4. The van der Waals surface area contributed by atoms with Gasteiger partial charge < -0.3 is 25.8 Å². The molecule has 2 aromatic heterocycles. The van der Waals surface area contributed by atoms with E-state index in [0.717, 1.165) is 68.6 Å². The van der Waals surface area contributed by atoms with Crippen molar-refractivity contribution in [1.82, 2.24) is 24.4 Å². The average Bonchev–Trinajstić information content (AvgIpc) is 3.51. The maximum Gasteiger partial charge on any atom is 0.246 e. The monoisotopic (exact) mass is 466 g/mol. The fourth-order valence-corrected chi connectivity index (χ4v) is 5.66. The summed E-state index contributed by atoms with van der Waals surface area (Å²) in [5, 5.41) is 7.26. The first kappa shape index (κ1) is 23.1. The Kier molecular flexibility index (Phi) is 6.99. The molecule has 2 aliphatic carbocycles. The van der Waals surface area contributed by atoms with E-state index < -0.39 is 0 Å². The molecule has 1 amide bonds. The van der Waals surface area contributed by atoms with Crippen LogP contribution in [0.3, 0.4) is 0 Å². The van der Waals surface area contributed by atoms with Gasteiger partial charge in [0.1, 0.15) is 0 Å². The van der Waals surface area contributed by atoms with Crippen molar-refractivity contribution >= 4 is 28.8 Å².